The molecule has 2 bridgehead atoms. The zero-order valence-electron chi connectivity index (χ0n) is 66.7. The quantitative estimate of drug-likeness (QED) is 0.0119. The van der Waals surface area contributed by atoms with Gasteiger partial charge in [0, 0.05) is 93.8 Å². The molecule has 3 aliphatic rings. The first-order valence-corrected chi connectivity index (χ1v) is 42.6. The summed E-state index contributed by atoms with van der Waals surface area (Å²) in [5.74, 6) is -18.6. The highest BCUT2D eigenvalue weighted by atomic mass is 32.2. The van der Waals surface area contributed by atoms with Gasteiger partial charge in [-0.3, -0.25) is 91.9 Å². The van der Waals surface area contributed by atoms with Crippen LogP contribution in [0.15, 0.2) is 91.6 Å². The molecule has 7 rings (SSSR count). The van der Waals surface area contributed by atoms with Crippen LogP contribution in [0.2, 0.25) is 0 Å². The number of nitrogens with zero attached hydrogens (tertiary/aromatic N) is 4. The van der Waals surface area contributed by atoms with Crippen molar-refractivity contribution in [1.82, 2.24) is 88.6 Å². The Morgan fingerprint density at radius 2 is 1.21 bits per heavy atom. The number of carbonyl (C=O) groups is 17. The van der Waals surface area contributed by atoms with Crippen molar-refractivity contribution in [2.24, 2.45) is 11.5 Å². The zero-order valence-corrected chi connectivity index (χ0v) is 69.1. The predicted octanol–water partition coefficient (Wildman–Crippen LogP) is -3.96. The van der Waals surface area contributed by atoms with Crippen LogP contribution in [0.3, 0.4) is 0 Å². The number of guanidine groups is 1. The van der Waals surface area contributed by atoms with Crippen LogP contribution < -0.4 is 75.3 Å². The van der Waals surface area contributed by atoms with Crippen LogP contribution in [-0.2, 0) is 112 Å². The highest BCUT2D eigenvalue weighted by molar-refractivity contribution is 7.99. The number of aromatic nitrogens is 3. The number of aliphatic carboxylic acids is 3. The molecule has 22 N–H and O–H groups in total. The van der Waals surface area contributed by atoms with Gasteiger partial charge in [-0.25, -0.2) is 4.98 Å². The zero-order chi connectivity index (χ0) is 88.4. The molecule has 0 unspecified atom stereocenters. The number of H-pyrrole nitrogens is 1. The number of nitrogens with one attached hydrogen (secondary N) is 14. The Balaban J connectivity index is 1.25. The lowest BCUT2D eigenvalue weighted by atomic mass is 10.0. The Hall–Kier alpha value is -11.9. The number of pyridine rings is 1. The maximum absolute atomic E-state index is 15.2. The summed E-state index contributed by atoms with van der Waals surface area (Å²) in [6.45, 7) is 2.49. The highest BCUT2D eigenvalue weighted by Crippen LogP contribution is 2.28. The molecule has 2 saturated heterocycles. The van der Waals surface area contributed by atoms with E-state index >= 15 is 14.4 Å². The van der Waals surface area contributed by atoms with Crippen LogP contribution in [0.5, 0.6) is 0 Å². The number of imidazole rings is 1. The topological polar surface area (TPSA) is 639 Å². The first-order chi connectivity index (χ1) is 57.7. The molecule has 44 heteroatoms. The van der Waals surface area contributed by atoms with Crippen molar-refractivity contribution in [2.75, 3.05) is 43.1 Å². The summed E-state index contributed by atoms with van der Waals surface area (Å²) >= 11 is 3.72. The molecule has 0 radical (unpaired) electrons. The predicted molar refractivity (Wildman–Crippen MR) is 440 cm³/mol. The molecule has 2 aromatic heterocycles. The summed E-state index contributed by atoms with van der Waals surface area (Å²) in [5, 5.41) is 78.9. The number of benzene rings is 2. The van der Waals surface area contributed by atoms with Gasteiger partial charge in [0.1, 0.15) is 78.5 Å². The minimum atomic E-state index is -2.12. The number of carbonyl (C=O) groups excluding carboxylic acids is 14. The Bertz CT molecular complexity index is 4330. The van der Waals surface area contributed by atoms with Crippen molar-refractivity contribution in [3.8, 4) is 0 Å². The second-order valence-corrected chi connectivity index (χ2v) is 32.1. The molecule has 2 aromatic carbocycles. The van der Waals surface area contributed by atoms with Crippen LogP contribution >= 0.6 is 35.3 Å². The van der Waals surface area contributed by atoms with E-state index in [9.17, 15) is 87.5 Å². The van der Waals surface area contributed by atoms with Gasteiger partial charge in [0.15, 0.2) is 5.96 Å². The largest absolute Gasteiger partial charge is 0.481 e. The van der Waals surface area contributed by atoms with E-state index in [-0.39, 0.29) is 87.5 Å². The molecule has 3 aliphatic heterocycles. The first-order valence-electron chi connectivity index (χ1n) is 38.9. The molecule has 41 nitrogen and oxygen atoms in total. The fraction of sp³-hybridized carbons (Fsp3) is 0.506. The summed E-state index contributed by atoms with van der Waals surface area (Å²) in [5.41, 5.74) is 13.0. The Kier molecular flexibility index (Phi) is 38.4. The van der Waals surface area contributed by atoms with Gasteiger partial charge in [0.25, 0.3) is 0 Å². The smallest absolute Gasteiger partial charge is 0.305 e. The molecule has 14 amide bonds. The van der Waals surface area contributed by atoms with E-state index in [0.29, 0.717) is 40.8 Å². The number of aliphatic hydroxyl groups is 1. The number of hydrogen-bond acceptors (Lipinski definition) is 24. The SMILES string of the molecule is CSCC[C@H](NC(C)=O)C(=O)N[C@H]1CSCc2cccc(c2)CSC[C@@H](C(=O)N[C@@H](CC(=O)O)C(=O)N[C@@H](Cc2c[nH]cn2)C(=O)N[C@@H](Cc2cccnc2)C(=O)N[C@@H](CCCNC(=N)N)C(=O)N[C@@H](CC(=O)O)C(N)=O)NC(=O)[C@H](Cc2ccccc2)NC(=O)[C@H](CCC(=O)O)NC(=O)[C@H]([C@@H](C)O)NC(=O)[C@@H]2CCCN2C(=O)[C@@H]2CCCN2C1=O. The van der Waals surface area contributed by atoms with E-state index in [1.54, 1.807) is 54.6 Å². The summed E-state index contributed by atoms with van der Waals surface area (Å²) < 4.78 is 0. The fourth-order valence-corrected chi connectivity index (χ4v) is 16.0. The lowest BCUT2D eigenvalue weighted by Crippen LogP contribution is -2.62. The van der Waals surface area contributed by atoms with Crippen LogP contribution in [0.1, 0.15) is 112 Å². The van der Waals surface area contributed by atoms with E-state index < -0.39 is 229 Å². The van der Waals surface area contributed by atoms with E-state index in [4.69, 9.17) is 16.9 Å². The van der Waals surface area contributed by atoms with Gasteiger partial charge in [-0.15, -0.1) is 0 Å². The second kappa shape index (κ2) is 48.4. The molecule has 14 atom stereocenters. The van der Waals surface area contributed by atoms with E-state index in [1.807, 2.05) is 6.26 Å². The van der Waals surface area contributed by atoms with Crippen LogP contribution in [0.4, 0.5) is 0 Å². The Morgan fingerprint density at radius 1 is 0.628 bits per heavy atom. The van der Waals surface area contributed by atoms with Gasteiger partial charge in [0.2, 0.25) is 82.7 Å². The monoisotopic (exact) mass is 1740 g/mol. The number of amides is 14. The lowest BCUT2D eigenvalue weighted by molar-refractivity contribution is -0.148. The van der Waals surface area contributed by atoms with Gasteiger partial charge >= 0.3 is 17.9 Å². The average Bonchev–Trinajstić information content (AvgIpc) is 1.67. The molecule has 0 aliphatic carbocycles. The summed E-state index contributed by atoms with van der Waals surface area (Å²) in [6.07, 6.45) is 1.47. The third-order valence-corrected chi connectivity index (χ3v) is 22.5. The molecular formula is C77H104N20O21S3. The van der Waals surface area contributed by atoms with E-state index in [1.165, 1.54) is 77.3 Å². The number of thioether (sulfide) groups is 3. The van der Waals surface area contributed by atoms with Gasteiger partial charge in [-0.2, -0.15) is 35.3 Å². The summed E-state index contributed by atoms with van der Waals surface area (Å²) in [7, 11) is 0. The number of rotatable bonds is 35. The number of aliphatic hydroxyl groups excluding tert-OH is 1. The lowest BCUT2D eigenvalue weighted by Gasteiger charge is -2.34. The maximum atomic E-state index is 15.2. The van der Waals surface area contributed by atoms with Crippen molar-refractivity contribution in [1.29, 1.82) is 5.41 Å². The minimum absolute atomic E-state index is 0.0178. The number of primary amides is 1. The average molecular weight is 1740 g/mol. The third-order valence-electron chi connectivity index (χ3n) is 19.6. The first kappa shape index (κ1) is 96.2. The van der Waals surface area contributed by atoms with E-state index in [0.717, 1.165) is 18.7 Å². The number of nitrogens with two attached hydrogens (primary N) is 2. The minimum Gasteiger partial charge on any atom is -0.481 e. The number of carboxylic acids is 3. The molecule has 0 spiro atoms. The van der Waals surface area contributed by atoms with Crippen LogP contribution in [-0.4, -0.2) is 280 Å². The van der Waals surface area contributed by atoms with Crippen molar-refractivity contribution in [3.05, 3.63) is 120 Å². The molecule has 656 valence electrons. The molecule has 0 saturated carbocycles. The van der Waals surface area contributed by atoms with Crippen molar-refractivity contribution in [3.63, 3.8) is 0 Å². The Labute approximate surface area is 708 Å². The van der Waals surface area contributed by atoms with Gasteiger partial charge in [-0.05, 0) is 98.6 Å². The van der Waals surface area contributed by atoms with Gasteiger partial charge < -0.3 is 110 Å². The second-order valence-electron chi connectivity index (χ2n) is 29.1. The van der Waals surface area contributed by atoms with E-state index in [2.05, 4.69) is 78.8 Å². The molecule has 4 aromatic rings. The molecule has 2 fully saturated rings. The normalized spacial score (nSPS) is 20.7. The summed E-state index contributed by atoms with van der Waals surface area (Å²) in [4.78, 5) is 252. The third kappa shape index (κ3) is 31.3. The van der Waals surface area contributed by atoms with Gasteiger partial charge in [-0.1, -0.05) is 60.7 Å². The molecule has 5 heterocycles. The summed E-state index contributed by atoms with van der Waals surface area (Å²) in [6, 6.07) is -2.79. The van der Waals surface area contributed by atoms with Crippen molar-refractivity contribution < 1.29 is 102 Å². The number of carboxylic acid groups (broad SMARTS) is 3. The van der Waals surface area contributed by atoms with Crippen LogP contribution in [0, 0.1) is 5.41 Å². The number of aromatic amines is 1. The number of hydrogen-bond donors (Lipinski definition) is 20. The molecule has 121 heavy (non-hydrogen) atoms. The Morgan fingerprint density at radius 3 is 1.82 bits per heavy atom. The molecular weight excluding hydrogens is 1640 g/mol. The van der Waals surface area contributed by atoms with Gasteiger partial charge in [0.05, 0.1) is 31.0 Å². The maximum Gasteiger partial charge on any atom is 0.305 e. The highest BCUT2D eigenvalue weighted by Gasteiger charge is 2.46. The van der Waals surface area contributed by atoms with Crippen molar-refractivity contribution in [2.45, 2.75) is 200 Å². The van der Waals surface area contributed by atoms with Crippen molar-refractivity contribution >= 4 is 142 Å². The standard InChI is InChI=1S/C77H104N20O21S3/c1-41(98)63-74(116)87-49(20-21-60(100)101)66(108)89-52(29-43-12-5-4-6-13-43)69(111)93-56(38-120-36-45-14-7-15-46(28-45)37-121-39-57(94-67(109)50(22-27-119-3)85-42(2)99)75(117)97-26-11-19-59(97)76(118)96-25-10-18-58(96)73(115)95-63)72(114)92-55(33-62(104)105)71(113)91-54(31-47-35-82-40-84-47)70(112)90-53(30-44-16-8-23-81-34-44)68(110)86-48(17-9-24-83-77(79)80)65(107)88-51(64(78)106)32-61(102)103/h4-8,12-16,23,28,34-35,40-41,48-59,63,98H,9-11,17-22,24-27,29-33,36-39H2,1-3H3,(H2,78,106)(H,82,84)(H,85,99)(H,86,110)(H,87,116)(H,88,107)(H,89,108)(H,90,112)(H,91,113)(H,92,114)(H,93,111)(H,94,109)(H,95,115)(H,100,101)(H,102,103)(H,104,105)(H4,79,80,83)/t41-,48+,49+,50+,51+,52+,53+,54+,55+,56+,57+,58+,59+,63+/m1/s1. The fourth-order valence-electron chi connectivity index (χ4n) is 13.5. The van der Waals surface area contributed by atoms with Crippen LogP contribution in [0.25, 0.3) is 0 Å². The number of fused-ring (bicyclic) bond motifs is 4.